The SMILES string of the molecule is COC(=O)c1ccc(CS(=O)[O-])c(C(N)=O)c1N. The highest BCUT2D eigenvalue weighted by Crippen LogP contribution is 2.23. The van der Waals surface area contributed by atoms with Crippen molar-refractivity contribution >= 4 is 28.6 Å². The number of amides is 1. The van der Waals surface area contributed by atoms with E-state index in [9.17, 15) is 18.4 Å². The Balaban J connectivity index is 3.42. The number of methoxy groups -OCH3 is 1. The summed E-state index contributed by atoms with van der Waals surface area (Å²) < 4.78 is 25.8. The third-order valence-corrected chi connectivity index (χ3v) is 2.80. The minimum Gasteiger partial charge on any atom is -0.772 e. The van der Waals surface area contributed by atoms with Gasteiger partial charge in [-0.2, -0.15) is 0 Å². The minimum atomic E-state index is -2.40. The van der Waals surface area contributed by atoms with Gasteiger partial charge < -0.3 is 20.8 Å². The van der Waals surface area contributed by atoms with Crippen molar-refractivity contribution < 1.29 is 23.1 Å². The van der Waals surface area contributed by atoms with Crippen LogP contribution in [0, 0.1) is 0 Å². The van der Waals surface area contributed by atoms with Gasteiger partial charge in [0.2, 0.25) is 0 Å². The molecular weight excluding hydrogens is 260 g/mol. The second-order valence-corrected chi connectivity index (χ2v) is 4.26. The summed E-state index contributed by atoms with van der Waals surface area (Å²) >= 11 is -2.40. The molecule has 7 nitrogen and oxygen atoms in total. The number of esters is 1. The molecule has 0 bridgehead atoms. The van der Waals surface area contributed by atoms with Crippen LogP contribution in [0.5, 0.6) is 0 Å². The Bertz CT molecular complexity index is 529. The number of ether oxygens (including phenoxy) is 1. The number of carbonyl (C=O) groups excluding carboxylic acids is 2. The number of nitrogen functional groups attached to an aromatic ring is 1. The van der Waals surface area contributed by atoms with Crippen LogP contribution in [0.2, 0.25) is 0 Å². The zero-order valence-corrected chi connectivity index (χ0v) is 10.3. The quantitative estimate of drug-likeness (QED) is 0.432. The average Bonchev–Trinajstić information content (AvgIpc) is 2.27. The van der Waals surface area contributed by atoms with Crippen molar-refractivity contribution in [3.63, 3.8) is 0 Å². The van der Waals surface area contributed by atoms with E-state index in [1.807, 2.05) is 0 Å². The van der Waals surface area contributed by atoms with Crippen LogP contribution < -0.4 is 11.5 Å². The summed E-state index contributed by atoms with van der Waals surface area (Å²) in [5.41, 5.74) is 10.5. The molecule has 0 spiro atoms. The van der Waals surface area contributed by atoms with Crippen LogP contribution in [0.4, 0.5) is 5.69 Å². The minimum absolute atomic E-state index is 0.0354. The molecule has 1 aromatic rings. The molecule has 0 aliphatic heterocycles. The Morgan fingerprint density at radius 3 is 2.50 bits per heavy atom. The van der Waals surface area contributed by atoms with Crippen molar-refractivity contribution in [2.24, 2.45) is 5.73 Å². The largest absolute Gasteiger partial charge is 0.772 e. The fourth-order valence-corrected chi connectivity index (χ4v) is 1.99. The molecule has 0 radical (unpaired) electrons. The Morgan fingerprint density at radius 1 is 1.44 bits per heavy atom. The summed E-state index contributed by atoms with van der Waals surface area (Å²) in [6.07, 6.45) is 0. The van der Waals surface area contributed by atoms with E-state index in [2.05, 4.69) is 4.74 Å². The molecule has 0 aliphatic carbocycles. The third-order valence-electron chi connectivity index (χ3n) is 2.26. The fourth-order valence-electron chi connectivity index (χ4n) is 1.49. The van der Waals surface area contributed by atoms with Crippen molar-refractivity contribution in [2.45, 2.75) is 5.75 Å². The second kappa shape index (κ2) is 5.61. The molecular formula is C10H11N2O5S-. The maximum absolute atomic E-state index is 11.4. The number of hydrogen-bond donors (Lipinski definition) is 2. The van der Waals surface area contributed by atoms with Crippen LogP contribution in [-0.2, 0) is 21.6 Å². The lowest BCUT2D eigenvalue weighted by atomic mass is 10.0. The smallest absolute Gasteiger partial charge is 0.339 e. The van der Waals surface area contributed by atoms with Crippen molar-refractivity contribution in [1.82, 2.24) is 0 Å². The molecule has 0 aliphatic rings. The predicted molar refractivity (Wildman–Crippen MR) is 63.3 cm³/mol. The van der Waals surface area contributed by atoms with Crippen LogP contribution in [0.3, 0.4) is 0 Å². The molecule has 8 heteroatoms. The van der Waals surface area contributed by atoms with Crippen LogP contribution in [-0.4, -0.2) is 27.7 Å². The van der Waals surface area contributed by atoms with E-state index in [4.69, 9.17) is 11.5 Å². The summed E-state index contributed by atoms with van der Waals surface area (Å²) in [6, 6.07) is 2.59. The summed E-state index contributed by atoms with van der Waals surface area (Å²) in [7, 11) is 1.16. The molecule has 1 aromatic carbocycles. The van der Waals surface area contributed by atoms with Gasteiger partial charge in [-0.1, -0.05) is 17.1 Å². The van der Waals surface area contributed by atoms with E-state index in [-0.39, 0.29) is 22.4 Å². The monoisotopic (exact) mass is 271 g/mol. The Labute approximate surface area is 105 Å². The van der Waals surface area contributed by atoms with Gasteiger partial charge in [0, 0.05) is 5.75 Å². The molecule has 1 rings (SSSR count). The number of nitrogens with two attached hydrogens (primary N) is 2. The van der Waals surface area contributed by atoms with Crippen molar-refractivity contribution in [2.75, 3.05) is 12.8 Å². The van der Waals surface area contributed by atoms with Crippen LogP contribution >= 0.6 is 0 Å². The van der Waals surface area contributed by atoms with Gasteiger partial charge in [0.05, 0.1) is 23.9 Å². The average molecular weight is 271 g/mol. The number of hydrogen-bond acceptors (Lipinski definition) is 6. The summed E-state index contributed by atoms with van der Waals surface area (Å²) in [6.45, 7) is 0. The van der Waals surface area contributed by atoms with E-state index in [0.29, 0.717) is 0 Å². The summed E-state index contributed by atoms with van der Waals surface area (Å²) in [5, 5.41) is 0. The molecule has 0 fully saturated rings. The van der Waals surface area contributed by atoms with Gasteiger partial charge in [0.15, 0.2) is 0 Å². The lowest BCUT2D eigenvalue weighted by Crippen LogP contribution is -2.19. The van der Waals surface area contributed by atoms with Crippen molar-refractivity contribution in [1.29, 1.82) is 0 Å². The Hall–Kier alpha value is -1.93. The highest BCUT2D eigenvalue weighted by molar-refractivity contribution is 7.78. The molecule has 4 N–H and O–H groups in total. The van der Waals surface area contributed by atoms with Gasteiger partial charge in [0.1, 0.15) is 0 Å². The molecule has 1 unspecified atom stereocenters. The van der Waals surface area contributed by atoms with E-state index < -0.39 is 28.7 Å². The topological polar surface area (TPSA) is 136 Å². The first-order valence-electron chi connectivity index (χ1n) is 4.73. The fraction of sp³-hybridized carbons (Fsp3) is 0.200. The molecule has 98 valence electrons. The number of primary amides is 1. The van der Waals surface area contributed by atoms with Gasteiger partial charge in [-0.3, -0.25) is 9.00 Å². The molecule has 1 atom stereocenters. The van der Waals surface area contributed by atoms with Gasteiger partial charge in [-0.05, 0) is 11.6 Å². The van der Waals surface area contributed by atoms with Gasteiger partial charge in [-0.25, -0.2) is 4.79 Å². The highest BCUT2D eigenvalue weighted by atomic mass is 32.2. The van der Waals surface area contributed by atoms with Crippen LogP contribution in [0.15, 0.2) is 12.1 Å². The molecule has 0 saturated heterocycles. The maximum Gasteiger partial charge on any atom is 0.339 e. The number of carbonyl (C=O) groups is 2. The number of rotatable bonds is 4. The number of anilines is 1. The molecule has 0 heterocycles. The highest BCUT2D eigenvalue weighted by Gasteiger charge is 2.19. The van der Waals surface area contributed by atoms with Crippen LogP contribution in [0.1, 0.15) is 26.3 Å². The first-order valence-corrected chi connectivity index (χ1v) is 5.98. The predicted octanol–water partition coefficient (Wildman–Crippen LogP) is -0.467. The van der Waals surface area contributed by atoms with E-state index in [1.54, 1.807) is 0 Å². The maximum atomic E-state index is 11.4. The first kappa shape index (κ1) is 14.1. The molecule has 18 heavy (non-hydrogen) atoms. The summed E-state index contributed by atoms with van der Waals surface area (Å²) in [4.78, 5) is 22.6. The van der Waals surface area contributed by atoms with Crippen LogP contribution in [0.25, 0.3) is 0 Å². The summed E-state index contributed by atoms with van der Waals surface area (Å²) in [5.74, 6) is -2.05. The van der Waals surface area contributed by atoms with Gasteiger partial charge in [-0.15, -0.1) is 0 Å². The normalized spacial score (nSPS) is 11.9. The van der Waals surface area contributed by atoms with Gasteiger partial charge in [0.25, 0.3) is 5.91 Å². The second-order valence-electron chi connectivity index (χ2n) is 3.36. The zero-order valence-electron chi connectivity index (χ0n) is 9.47. The first-order chi connectivity index (χ1) is 8.38. The molecule has 1 amide bonds. The Morgan fingerprint density at radius 2 is 2.06 bits per heavy atom. The standard InChI is InChI=1S/C10H12N2O5S/c1-17-10(14)6-3-2-5(4-18(15)16)7(8(6)11)9(12)13/h2-3H,4,11H2,1H3,(H2,12,13)(H,15,16)/p-1. The third kappa shape index (κ3) is 2.84. The van der Waals surface area contributed by atoms with Gasteiger partial charge >= 0.3 is 5.97 Å². The van der Waals surface area contributed by atoms with E-state index in [1.165, 1.54) is 12.1 Å². The van der Waals surface area contributed by atoms with E-state index >= 15 is 0 Å². The number of benzene rings is 1. The zero-order chi connectivity index (χ0) is 13.9. The van der Waals surface area contributed by atoms with Crippen molar-refractivity contribution in [3.05, 3.63) is 28.8 Å². The lowest BCUT2D eigenvalue weighted by molar-refractivity contribution is 0.0602. The Kier molecular flexibility index (Phi) is 4.40. The lowest BCUT2D eigenvalue weighted by Gasteiger charge is -2.13. The molecule has 0 saturated carbocycles. The van der Waals surface area contributed by atoms with E-state index in [0.717, 1.165) is 7.11 Å². The van der Waals surface area contributed by atoms with Crippen molar-refractivity contribution in [3.8, 4) is 0 Å². The molecule has 0 aromatic heterocycles.